The van der Waals surface area contributed by atoms with Crippen molar-refractivity contribution in [2.24, 2.45) is 0 Å². The average Bonchev–Trinajstić information content (AvgIpc) is 2.02. The van der Waals surface area contributed by atoms with Crippen molar-refractivity contribution in [1.29, 1.82) is 0 Å². The second kappa shape index (κ2) is 7.20. The summed E-state index contributed by atoms with van der Waals surface area (Å²) in [7, 11) is -2.84. The third-order valence-corrected chi connectivity index (χ3v) is 2.98. The van der Waals surface area contributed by atoms with Gasteiger partial charge in [-0.3, -0.25) is 0 Å². The van der Waals surface area contributed by atoms with Crippen LogP contribution in [0.15, 0.2) is 0 Å². The molecule has 0 saturated heterocycles. The predicted octanol–water partition coefficient (Wildman–Crippen LogP) is 0.125. The molecule has 0 rings (SSSR count). The molecule has 0 heterocycles. The lowest BCUT2D eigenvalue weighted by Crippen LogP contribution is -2.29. The van der Waals surface area contributed by atoms with Crippen molar-refractivity contribution in [2.75, 3.05) is 38.2 Å². The molecule has 0 unspecified atom stereocenters. The molecule has 0 aliphatic heterocycles. The molecule has 0 amide bonds. The van der Waals surface area contributed by atoms with Crippen molar-refractivity contribution >= 4 is 9.84 Å². The smallest absolute Gasteiger partial charge is 0.147 e. The van der Waals surface area contributed by atoms with Gasteiger partial charge in [-0.2, -0.15) is 0 Å². The van der Waals surface area contributed by atoms with Crippen molar-refractivity contribution < 1.29 is 13.5 Å². The fourth-order valence-electron chi connectivity index (χ4n) is 1.34. The summed E-state index contributed by atoms with van der Waals surface area (Å²) in [6.45, 7) is 4.52. The van der Waals surface area contributed by atoms with Gasteiger partial charge in [0.05, 0.1) is 12.4 Å². The van der Waals surface area contributed by atoms with Gasteiger partial charge in [-0.1, -0.05) is 6.92 Å². The number of sulfone groups is 1. The van der Waals surface area contributed by atoms with Crippen molar-refractivity contribution in [1.82, 2.24) is 4.90 Å². The third-order valence-electron chi connectivity index (χ3n) is 1.95. The fraction of sp³-hybridized carbons (Fsp3) is 1.00. The van der Waals surface area contributed by atoms with Crippen LogP contribution in [-0.4, -0.2) is 56.7 Å². The Morgan fingerprint density at radius 3 is 2.29 bits per heavy atom. The highest BCUT2D eigenvalue weighted by atomic mass is 32.2. The lowest BCUT2D eigenvalue weighted by Gasteiger charge is -2.19. The van der Waals surface area contributed by atoms with Crippen LogP contribution in [0, 0.1) is 0 Å². The Balaban J connectivity index is 3.70. The number of aliphatic hydroxyl groups is 1. The molecule has 0 aromatic carbocycles. The third kappa shape index (κ3) is 8.47. The first-order valence-electron chi connectivity index (χ1n) is 5.00. The molecule has 86 valence electrons. The van der Waals surface area contributed by atoms with Crippen LogP contribution in [0.5, 0.6) is 0 Å². The Labute approximate surface area is 86.8 Å². The quantitative estimate of drug-likeness (QED) is 0.635. The van der Waals surface area contributed by atoms with Crippen molar-refractivity contribution in [3.05, 3.63) is 0 Å². The molecule has 0 bridgehead atoms. The second-order valence-electron chi connectivity index (χ2n) is 3.55. The van der Waals surface area contributed by atoms with E-state index >= 15 is 0 Å². The van der Waals surface area contributed by atoms with E-state index in [4.69, 9.17) is 5.11 Å². The zero-order valence-electron chi connectivity index (χ0n) is 9.07. The molecule has 5 heteroatoms. The standard InChI is InChI=1S/C9H21NO3S/c1-3-5-10(7-8-11)6-4-9-14(2,12)13/h11H,3-9H2,1-2H3. The molecule has 0 spiro atoms. The first-order chi connectivity index (χ1) is 6.49. The van der Waals surface area contributed by atoms with Crippen molar-refractivity contribution in [3.8, 4) is 0 Å². The summed E-state index contributed by atoms with van der Waals surface area (Å²) in [6.07, 6.45) is 2.93. The summed E-state index contributed by atoms with van der Waals surface area (Å²) in [5, 5.41) is 8.76. The Hall–Kier alpha value is -0.130. The van der Waals surface area contributed by atoms with Crippen molar-refractivity contribution in [2.45, 2.75) is 19.8 Å². The van der Waals surface area contributed by atoms with E-state index in [1.165, 1.54) is 6.26 Å². The Bertz CT molecular complexity index is 220. The van der Waals surface area contributed by atoms with E-state index in [1.807, 2.05) is 0 Å². The lowest BCUT2D eigenvalue weighted by molar-refractivity contribution is 0.196. The van der Waals surface area contributed by atoms with E-state index in [-0.39, 0.29) is 12.4 Å². The zero-order chi connectivity index (χ0) is 11.0. The van der Waals surface area contributed by atoms with Gasteiger partial charge in [-0.15, -0.1) is 0 Å². The predicted molar refractivity (Wildman–Crippen MR) is 58.1 cm³/mol. The number of hydrogen-bond acceptors (Lipinski definition) is 4. The van der Waals surface area contributed by atoms with E-state index < -0.39 is 9.84 Å². The topological polar surface area (TPSA) is 57.6 Å². The molecule has 4 nitrogen and oxygen atoms in total. The molecule has 0 radical (unpaired) electrons. The molecule has 0 saturated carbocycles. The summed E-state index contributed by atoms with van der Waals surface area (Å²) >= 11 is 0. The van der Waals surface area contributed by atoms with E-state index in [0.717, 1.165) is 19.5 Å². The molecule has 14 heavy (non-hydrogen) atoms. The van der Waals surface area contributed by atoms with Crippen LogP contribution < -0.4 is 0 Å². The Morgan fingerprint density at radius 1 is 1.21 bits per heavy atom. The van der Waals surface area contributed by atoms with Crippen LogP contribution in [0.4, 0.5) is 0 Å². The van der Waals surface area contributed by atoms with Crippen LogP contribution in [0.25, 0.3) is 0 Å². The largest absolute Gasteiger partial charge is 0.395 e. The van der Waals surface area contributed by atoms with Crippen LogP contribution in [0.1, 0.15) is 19.8 Å². The summed E-state index contributed by atoms with van der Waals surface area (Å²) < 4.78 is 21.7. The number of rotatable bonds is 8. The average molecular weight is 223 g/mol. The SMILES string of the molecule is CCCN(CCO)CCCS(C)(=O)=O. The van der Waals surface area contributed by atoms with Gasteiger partial charge in [0.25, 0.3) is 0 Å². The molecule has 0 aliphatic rings. The second-order valence-corrected chi connectivity index (χ2v) is 5.81. The molecule has 0 atom stereocenters. The van der Waals surface area contributed by atoms with E-state index in [1.54, 1.807) is 0 Å². The van der Waals surface area contributed by atoms with E-state index in [2.05, 4.69) is 11.8 Å². The highest BCUT2D eigenvalue weighted by Gasteiger charge is 2.06. The fourth-order valence-corrected chi connectivity index (χ4v) is 2.00. The Morgan fingerprint density at radius 2 is 1.86 bits per heavy atom. The molecule has 0 aromatic rings. The zero-order valence-corrected chi connectivity index (χ0v) is 9.89. The van der Waals surface area contributed by atoms with E-state index in [9.17, 15) is 8.42 Å². The molecular formula is C9H21NO3S. The van der Waals surface area contributed by atoms with Crippen LogP contribution in [0.3, 0.4) is 0 Å². The van der Waals surface area contributed by atoms with Gasteiger partial charge < -0.3 is 10.0 Å². The van der Waals surface area contributed by atoms with Gasteiger partial charge in [0.1, 0.15) is 9.84 Å². The highest BCUT2D eigenvalue weighted by Crippen LogP contribution is 1.96. The van der Waals surface area contributed by atoms with Gasteiger partial charge in [-0.25, -0.2) is 8.42 Å². The Kier molecular flexibility index (Phi) is 7.13. The molecular weight excluding hydrogens is 202 g/mol. The van der Waals surface area contributed by atoms with E-state index in [0.29, 0.717) is 13.0 Å². The van der Waals surface area contributed by atoms with Crippen molar-refractivity contribution in [3.63, 3.8) is 0 Å². The maximum atomic E-state index is 10.9. The summed E-state index contributed by atoms with van der Waals surface area (Å²) in [6, 6.07) is 0. The van der Waals surface area contributed by atoms with Gasteiger partial charge in [0.2, 0.25) is 0 Å². The summed E-state index contributed by atoms with van der Waals surface area (Å²) in [5.41, 5.74) is 0. The van der Waals surface area contributed by atoms with Gasteiger partial charge in [0, 0.05) is 12.8 Å². The molecule has 0 aliphatic carbocycles. The molecule has 0 aromatic heterocycles. The minimum absolute atomic E-state index is 0.138. The van der Waals surface area contributed by atoms with Gasteiger partial charge in [-0.05, 0) is 25.9 Å². The monoisotopic (exact) mass is 223 g/mol. The maximum Gasteiger partial charge on any atom is 0.147 e. The minimum Gasteiger partial charge on any atom is -0.395 e. The normalized spacial score (nSPS) is 12.3. The lowest BCUT2D eigenvalue weighted by atomic mass is 10.3. The first-order valence-corrected chi connectivity index (χ1v) is 7.06. The van der Waals surface area contributed by atoms with Crippen LogP contribution in [0.2, 0.25) is 0 Å². The minimum atomic E-state index is -2.84. The maximum absolute atomic E-state index is 10.9. The summed E-state index contributed by atoms with van der Waals surface area (Å²) in [5.74, 6) is 0.235. The summed E-state index contributed by atoms with van der Waals surface area (Å²) in [4.78, 5) is 2.09. The number of nitrogens with zero attached hydrogens (tertiary/aromatic N) is 1. The van der Waals surface area contributed by atoms with Crippen LogP contribution in [-0.2, 0) is 9.84 Å². The molecule has 1 N–H and O–H groups in total. The highest BCUT2D eigenvalue weighted by molar-refractivity contribution is 7.90. The first kappa shape index (κ1) is 13.9. The van der Waals surface area contributed by atoms with Crippen LogP contribution >= 0.6 is 0 Å². The number of aliphatic hydroxyl groups excluding tert-OH is 1. The van der Waals surface area contributed by atoms with Gasteiger partial charge in [0.15, 0.2) is 0 Å². The molecule has 0 fully saturated rings. The van der Waals surface area contributed by atoms with Gasteiger partial charge >= 0.3 is 0 Å². The number of hydrogen-bond donors (Lipinski definition) is 1.